The maximum atomic E-state index is 12.2. The van der Waals surface area contributed by atoms with Crippen molar-refractivity contribution in [3.63, 3.8) is 0 Å². The highest BCUT2D eigenvalue weighted by Crippen LogP contribution is 2.41. The number of Topliss-reactive ketones (excluding diaryl/α,β-unsaturated/α-hetero) is 1. The van der Waals surface area contributed by atoms with Crippen LogP contribution in [0.5, 0.6) is 0 Å². The number of carbonyl (C=O) groups is 2. The van der Waals surface area contributed by atoms with E-state index >= 15 is 0 Å². The number of hydrogen-bond donors (Lipinski definition) is 1. The first-order valence-electron chi connectivity index (χ1n) is 6.54. The predicted molar refractivity (Wildman–Crippen MR) is 63.5 cm³/mol. The summed E-state index contributed by atoms with van der Waals surface area (Å²) in [6.07, 6.45) is 4.28. The van der Waals surface area contributed by atoms with Gasteiger partial charge in [-0.2, -0.15) is 0 Å². The molecule has 0 aromatic heterocycles. The predicted octanol–water partition coefficient (Wildman–Crippen LogP) is 1.43. The highest BCUT2D eigenvalue weighted by Gasteiger charge is 2.50. The summed E-state index contributed by atoms with van der Waals surface area (Å²) in [7, 11) is 0. The number of ether oxygens (including phenoxy) is 1. The van der Waals surface area contributed by atoms with Crippen LogP contribution in [0.2, 0.25) is 0 Å². The van der Waals surface area contributed by atoms with Crippen molar-refractivity contribution in [1.82, 2.24) is 5.32 Å². The van der Waals surface area contributed by atoms with Crippen molar-refractivity contribution in [2.45, 2.75) is 58.0 Å². The molecular formula is C13H21NO3. The van der Waals surface area contributed by atoms with Gasteiger partial charge in [-0.05, 0) is 26.2 Å². The summed E-state index contributed by atoms with van der Waals surface area (Å²) in [6, 6.07) is -0.154. The molecule has 4 heteroatoms. The average Bonchev–Trinajstić information content (AvgIpc) is 2.57. The first kappa shape index (κ1) is 12.6. The Morgan fingerprint density at radius 3 is 3.00 bits per heavy atom. The van der Waals surface area contributed by atoms with Crippen molar-refractivity contribution >= 4 is 11.8 Å². The van der Waals surface area contributed by atoms with Crippen LogP contribution in [0.1, 0.15) is 46.0 Å². The minimum Gasteiger partial charge on any atom is -0.465 e. The summed E-state index contributed by atoms with van der Waals surface area (Å²) >= 11 is 0. The summed E-state index contributed by atoms with van der Waals surface area (Å²) in [5.74, 6) is 0.0916. The van der Waals surface area contributed by atoms with Crippen LogP contribution >= 0.6 is 0 Å². The zero-order valence-corrected chi connectivity index (χ0v) is 10.6. The topological polar surface area (TPSA) is 55.4 Å². The van der Waals surface area contributed by atoms with Gasteiger partial charge < -0.3 is 10.1 Å². The Labute approximate surface area is 102 Å². The monoisotopic (exact) mass is 239 g/mol. The van der Waals surface area contributed by atoms with Crippen LogP contribution in [-0.4, -0.2) is 30.4 Å². The molecule has 2 fully saturated rings. The molecule has 1 aliphatic heterocycles. The minimum absolute atomic E-state index is 0.145. The molecule has 0 amide bonds. The lowest BCUT2D eigenvalue weighted by Gasteiger charge is -2.26. The van der Waals surface area contributed by atoms with Crippen molar-refractivity contribution in [3.8, 4) is 0 Å². The van der Waals surface area contributed by atoms with Crippen molar-refractivity contribution < 1.29 is 14.3 Å². The van der Waals surface area contributed by atoms with E-state index in [4.69, 9.17) is 4.74 Å². The number of ketones is 1. The molecule has 0 aromatic carbocycles. The molecule has 0 aromatic rings. The molecule has 0 bridgehead atoms. The summed E-state index contributed by atoms with van der Waals surface area (Å²) in [5.41, 5.74) is -0.367. The van der Waals surface area contributed by atoms with Crippen LogP contribution in [0.15, 0.2) is 0 Å². The van der Waals surface area contributed by atoms with E-state index in [1.807, 2.05) is 6.92 Å². The van der Waals surface area contributed by atoms with Gasteiger partial charge in [0, 0.05) is 17.9 Å². The molecule has 0 unspecified atom stereocenters. The van der Waals surface area contributed by atoms with Crippen LogP contribution in [0.4, 0.5) is 0 Å². The first-order chi connectivity index (χ1) is 8.08. The van der Waals surface area contributed by atoms with Crippen LogP contribution < -0.4 is 5.32 Å². The number of esters is 1. The molecule has 1 saturated carbocycles. The second-order valence-corrected chi connectivity index (χ2v) is 5.31. The smallest absolute Gasteiger partial charge is 0.323 e. The summed E-state index contributed by atoms with van der Waals surface area (Å²) in [5, 5.41) is 3.29. The molecule has 1 saturated heterocycles. The average molecular weight is 239 g/mol. The third kappa shape index (κ3) is 2.23. The first-order valence-corrected chi connectivity index (χ1v) is 6.54. The van der Waals surface area contributed by atoms with Gasteiger partial charge in [-0.1, -0.05) is 13.3 Å². The van der Waals surface area contributed by atoms with E-state index in [-0.39, 0.29) is 23.5 Å². The molecule has 0 spiro atoms. The van der Waals surface area contributed by atoms with Gasteiger partial charge in [-0.3, -0.25) is 9.59 Å². The Morgan fingerprint density at radius 2 is 2.29 bits per heavy atom. The molecule has 3 atom stereocenters. The van der Waals surface area contributed by atoms with Crippen molar-refractivity contribution in [3.05, 3.63) is 0 Å². The molecular weight excluding hydrogens is 218 g/mol. The fraction of sp³-hybridized carbons (Fsp3) is 0.846. The third-order valence-corrected chi connectivity index (χ3v) is 4.15. The SMILES string of the molecule is CCOC(=O)[C@H]1C[C@@]2(C)C(=O)CCCC[C@H]2N1. The van der Waals surface area contributed by atoms with E-state index in [0.29, 0.717) is 25.2 Å². The van der Waals surface area contributed by atoms with E-state index in [1.165, 1.54) is 0 Å². The van der Waals surface area contributed by atoms with Gasteiger partial charge in [-0.15, -0.1) is 0 Å². The number of rotatable bonds is 2. The molecule has 2 aliphatic rings. The Balaban J connectivity index is 2.11. The van der Waals surface area contributed by atoms with E-state index in [9.17, 15) is 9.59 Å². The second kappa shape index (κ2) is 4.77. The summed E-state index contributed by atoms with van der Waals surface area (Å²) in [6.45, 7) is 4.20. The molecule has 17 heavy (non-hydrogen) atoms. The van der Waals surface area contributed by atoms with Gasteiger partial charge >= 0.3 is 5.97 Å². The number of carbonyl (C=O) groups excluding carboxylic acids is 2. The largest absolute Gasteiger partial charge is 0.465 e. The van der Waals surface area contributed by atoms with E-state index in [1.54, 1.807) is 6.92 Å². The Hall–Kier alpha value is -0.900. The quantitative estimate of drug-likeness (QED) is 0.741. The van der Waals surface area contributed by atoms with Crippen LogP contribution in [0, 0.1) is 5.41 Å². The van der Waals surface area contributed by atoms with Crippen LogP contribution in [0.3, 0.4) is 0 Å². The summed E-state index contributed by atoms with van der Waals surface area (Å²) in [4.78, 5) is 23.9. The van der Waals surface area contributed by atoms with Gasteiger partial charge in [0.15, 0.2) is 0 Å². The van der Waals surface area contributed by atoms with Gasteiger partial charge in [0.05, 0.1) is 6.61 Å². The molecule has 2 rings (SSSR count). The van der Waals surface area contributed by atoms with Crippen LogP contribution in [-0.2, 0) is 14.3 Å². The normalized spacial score (nSPS) is 37.4. The van der Waals surface area contributed by atoms with Crippen molar-refractivity contribution in [1.29, 1.82) is 0 Å². The minimum atomic E-state index is -0.367. The highest BCUT2D eigenvalue weighted by molar-refractivity contribution is 5.88. The lowest BCUT2D eigenvalue weighted by molar-refractivity contribution is -0.145. The Kier molecular flexibility index (Phi) is 3.52. The molecule has 1 aliphatic carbocycles. The van der Waals surface area contributed by atoms with Crippen molar-refractivity contribution in [2.75, 3.05) is 6.61 Å². The molecule has 96 valence electrons. The molecule has 1 N–H and O–H groups in total. The molecule has 1 heterocycles. The fourth-order valence-electron chi connectivity index (χ4n) is 3.08. The number of nitrogens with one attached hydrogen (secondary N) is 1. The van der Waals surface area contributed by atoms with Crippen molar-refractivity contribution in [2.24, 2.45) is 5.41 Å². The van der Waals surface area contributed by atoms with E-state index in [2.05, 4.69) is 5.32 Å². The van der Waals surface area contributed by atoms with Gasteiger partial charge in [-0.25, -0.2) is 0 Å². The second-order valence-electron chi connectivity index (χ2n) is 5.31. The molecule has 4 nitrogen and oxygen atoms in total. The number of hydrogen-bond acceptors (Lipinski definition) is 4. The fourth-order valence-corrected chi connectivity index (χ4v) is 3.08. The lowest BCUT2D eigenvalue weighted by atomic mass is 9.77. The van der Waals surface area contributed by atoms with E-state index < -0.39 is 0 Å². The Bertz CT molecular complexity index is 329. The highest BCUT2D eigenvalue weighted by atomic mass is 16.5. The van der Waals surface area contributed by atoms with E-state index in [0.717, 1.165) is 19.3 Å². The summed E-state index contributed by atoms with van der Waals surface area (Å²) < 4.78 is 5.03. The maximum Gasteiger partial charge on any atom is 0.323 e. The Morgan fingerprint density at radius 1 is 1.53 bits per heavy atom. The third-order valence-electron chi connectivity index (χ3n) is 4.15. The zero-order valence-electron chi connectivity index (χ0n) is 10.6. The van der Waals surface area contributed by atoms with Gasteiger partial charge in [0.2, 0.25) is 0 Å². The standard InChI is InChI=1S/C13H21NO3/c1-3-17-12(16)9-8-13(2)10(14-9)6-4-5-7-11(13)15/h9-10,14H,3-8H2,1-2H3/t9-,10-,13-/m1/s1. The van der Waals surface area contributed by atoms with Gasteiger partial charge in [0.25, 0.3) is 0 Å². The zero-order chi connectivity index (χ0) is 12.5. The maximum absolute atomic E-state index is 12.2. The van der Waals surface area contributed by atoms with Crippen LogP contribution in [0.25, 0.3) is 0 Å². The lowest BCUT2D eigenvalue weighted by Crippen LogP contribution is -2.40. The number of fused-ring (bicyclic) bond motifs is 1. The van der Waals surface area contributed by atoms with Gasteiger partial charge in [0.1, 0.15) is 11.8 Å². The molecule has 0 radical (unpaired) electrons.